The van der Waals surface area contributed by atoms with E-state index in [-0.39, 0.29) is 0 Å². The monoisotopic (exact) mass is 188 g/mol. The Bertz CT molecular complexity index is 434. The van der Waals surface area contributed by atoms with Gasteiger partial charge in [-0.25, -0.2) is 4.68 Å². The molecule has 14 heavy (non-hydrogen) atoms. The van der Waals surface area contributed by atoms with Crippen molar-refractivity contribution in [2.45, 2.75) is 6.92 Å². The van der Waals surface area contributed by atoms with Crippen LogP contribution in [0.25, 0.3) is 5.69 Å². The van der Waals surface area contributed by atoms with Gasteiger partial charge in [-0.1, -0.05) is 18.2 Å². The van der Waals surface area contributed by atoms with Gasteiger partial charge < -0.3 is 4.74 Å². The maximum Gasteiger partial charge on any atom is 0.157 e. The van der Waals surface area contributed by atoms with Crippen LogP contribution in [-0.4, -0.2) is 16.9 Å². The number of nitrogens with zero attached hydrogens (tertiary/aromatic N) is 2. The minimum absolute atomic E-state index is 0.772. The van der Waals surface area contributed by atoms with Crippen molar-refractivity contribution in [1.82, 2.24) is 9.78 Å². The molecule has 3 nitrogen and oxygen atoms in total. The molecule has 2 aromatic rings. The molecule has 3 heteroatoms. The number of hydrogen-bond donors (Lipinski definition) is 0. The van der Waals surface area contributed by atoms with Crippen molar-refractivity contribution < 1.29 is 4.74 Å². The highest BCUT2D eigenvalue weighted by Crippen LogP contribution is 2.15. The van der Waals surface area contributed by atoms with Crippen LogP contribution in [0, 0.1) is 6.92 Å². The molecule has 0 amide bonds. The summed E-state index contributed by atoms with van der Waals surface area (Å²) in [6, 6.07) is 8.10. The normalized spacial score (nSPS) is 10.1. The van der Waals surface area contributed by atoms with Gasteiger partial charge in [0, 0.05) is 0 Å². The predicted molar refractivity (Wildman–Crippen MR) is 54.9 cm³/mol. The van der Waals surface area contributed by atoms with Crippen molar-refractivity contribution in [2.75, 3.05) is 7.11 Å². The number of methoxy groups -OCH3 is 1. The van der Waals surface area contributed by atoms with E-state index in [1.807, 2.05) is 29.1 Å². The summed E-state index contributed by atoms with van der Waals surface area (Å²) in [7, 11) is 1.64. The molecular formula is C11H12N2O. The fourth-order valence-corrected chi connectivity index (χ4v) is 1.36. The molecule has 0 saturated carbocycles. The SMILES string of the molecule is COc1cnn(-c2ccccc2C)c1. The molecule has 72 valence electrons. The summed E-state index contributed by atoms with van der Waals surface area (Å²) in [6.45, 7) is 2.06. The highest BCUT2D eigenvalue weighted by Gasteiger charge is 2.02. The lowest BCUT2D eigenvalue weighted by Gasteiger charge is -2.03. The summed E-state index contributed by atoms with van der Waals surface area (Å²) >= 11 is 0. The average molecular weight is 188 g/mol. The van der Waals surface area contributed by atoms with Gasteiger partial charge in [-0.15, -0.1) is 0 Å². The lowest BCUT2D eigenvalue weighted by molar-refractivity contribution is 0.414. The third-order valence-corrected chi connectivity index (χ3v) is 2.16. The van der Waals surface area contributed by atoms with Gasteiger partial charge in [0.15, 0.2) is 5.75 Å². The molecule has 0 aliphatic rings. The Labute approximate surface area is 82.9 Å². The third kappa shape index (κ3) is 1.48. The summed E-state index contributed by atoms with van der Waals surface area (Å²) in [6.07, 6.45) is 3.56. The summed E-state index contributed by atoms with van der Waals surface area (Å²) < 4.78 is 6.89. The quantitative estimate of drug-likeness (QED) is 0.722. The average Bonchev–Trinajstić information content (AvgIpc) is 2.67. The zero-order valence-electron chi connectivity index (χ0n) is 8.27. The molecule has 0 saturated heterocycles. The smallest absolute Gasteiger partial charge is 0.157 e. The first kappa shape index (κ1) is 8.81. The van der Waals surface area contributed by atoms with Gasteiger partial charge in [0.1, 0.15) is 0 Å². The lowest BCUT2D eigenvalue weighted by atomic mass is 10.2. The van der Waals surface area contributed by atoms with Gasteiger partial charge >= 0.3 is 0 Å². The fourth-order valence-electron chi connectivity index (χ4n) is 1.36. The number of aryl methyl sites for hydroxylation is 1. The van der Waals surface area contributed by atoms with E-state index in [4.69, 9.17) is 4.74 Å². The number of benzene rings is 1. The van der Waals surface area contributed by atoms with Gasteiger partial charge in [-0.3, -0.25) is 0 Å². The Morgan fingerprint density at radius 3 is 2.71 bits per heavy atom. The van der Waals surface area contributed by atoms with E-state index < -0.39 is 0 Å². The largest absolute Gasteiger partial charge is 0.493 e. The Kier molecular flexibility index (Phi) is 2.23. The highest BCUT2D eigenvalue weighted by molar-refractivity contribution is 5.40. The van der Waals surface area contributed by atoms with Crippen LogP contribution in [-0.2, 0) is 0 Å². The van der Waals surface area contributed by atoms with Gasteiger partial charge in [0.25, 0.3) is 0 Å². The molecule has 0 spiro atoms. The molecule has 0 N–H and O–H groups in total. The number of ether oxygens (including phenoxy) is 1. The van der Waals surface area contributed by atoms with Crippen molar-refractivity contribution in [1.29, 1.82) is 0 Å². The molecule has 0 atom stereocenters. The van der Waals surface area contributed by atoms with E-state index in [1.54, 1.807) is 13.3 Å². The van der Waals surface area contributed by atoms with Crippen LogP contribution in [0.1, 0.15) is 5.56 Å². The lowest BCUT2D eigenvalue weighted by Crippen LogP contribution is -1.96. The molecule has 1 aromatic carbocycles. The van der Waals surface area contributed by atoms with E-state index in [1.165, 1.54) is 5.56 Å². The molecule has 2 rings (SSSR count). The van der Waals surface area contributed by atoms with Gasteiger partial charge in [0.05, 0.1) is 25.2 Å². The van der Waals surface area contributed by atoms with Crippen LogP contribution in [0.3, 0.4) is 0 Å². The minimum atomic E-state index is 0.772. The number of aromatic nitrogens is 2. The first-order valence-electron chi connectivity index (χ1n) is 4.46. The Morgan fingerprint density at radius 1 is 1.29 bits per heavy atom. The maximum absolute atomic E-state index is 5.07. The number of para-hydroxylation sites is 1. The van der Waals surface area contributed by atoms with Gasteiger partial charge in [0.2, 0.25) is 0 Å². The molecule has 0 unspecified atom stereocenters. The zero-order valence-corrected chi connectivity index (χ0v) is 8.27. The van der Waals surface area contributed by atoms with Crippen LogP contribution < -0.4 is 4.74 Å². The second kappa shape index (κ2) is 3.54. The number of rotatable bonds is 2. The van der Waals surface area contributed by atoms with E-state index in [0.717, 1.165) is 11.4 Å². The Morgan fingerprint density at radius 2 is 2.07 bits per heavy atom. The molecular weight excluding hydrogens is 176 g/mol. The maximum atomic E-state index is 5.07. The molecule has 0 aliphatic carbocycles. The Balaban J connectivity index is 2.44. The molecule has 0 aliphatic heterocycles. The standard InChI is InChI=1S/C11H12N2O/c1-9-5-3-4-6-11(9)13-8-10(14-2)7-12-13/h3-8H,1-2H3. The summed E-state index contributed by atoms with van der Waals surface area (Å²) in [5.41, 5.74) is 2.27. The third-order valence-electron chi connectivity index (χ3n) is 2.16. The van der Waals surface area contributed by atoms with Crippen LogP contribution in [0.15, 0.2) is 36.7 Å². The fraction of sp³-hybridized carbons (Fsp3) is 0.182. The molecule has 0 radical (unpaired) electrons. The number of hydrogen-bond acceptors (Lipinski definition) is 2. The van der Waals surface area contributed by atoms with E-state index in [2.05, 4.69) is 18.1 Å². The van der Waals surface area contributed by atoms with Gasteiger partial charge in [-0.05, 0) is 18.6 Å². The van der Waals surface area contributed by atoms with E-state index >= 15 is 0 Å². The first-order valence-corrected chi connectivity index (χ1v) is 4.46. The van der Waals surface area contributed by atoms with Crippen LogP contribution in [0.5, 0.6) is 5.75 Å². The van der Waals surface area contributed by atoms with Crippen molar-refractivity contribution >= 4 is 0 Å². The summed E-state index contributed by atoms with van der Waals surface area (Å²) in [5, 5.41) is 4.21. The Hall–Kier alpha value is -1.77. The molecule has 1 aromatic heterocycles. The second-order valence-electron chi connectivity index (χ2n) is 3.11. The van der Waals surface area contributed by atoms with E-state index in [9.17, 15) is 0 Å². The second-order valence-corrected chi connectivity index (χ2v) is 3.11. The van der Waals surface area contributed by atoms with Crippen molar-refractivity contribution in [3.8, 4) is 11.4 Å². The first-order chi connectivity index (χ1) is 6.81. The molecule has 0 bridgehead atoms. The topological polar surface area (TPSA) is 27.1 Å². The molecule has 1 heterocycles. The van der Waals surface area contributed by atoms with Crippen molar-refractivity contribution in [3.05, 3.63) is 42.2 Å². The summed E-state index contributed by atoms with van der Waals surface area (Å²) in [4.78, 5) is 0. The zero-order chi connectivity index (χ0) is 9.97. The van der Waals surface area contributed by atoms with Crippen LogP contribution >= 0.6 is 0 Å². The van der Waals surface area contributed by atoms with Gasteiger partial charge in [-0.2, -0.15) is 5.10 Å². The van der Waals surface area contributed by atoms with Crippen molar-refractivity contribution in [3.63, 3.8) is 0 Å². The highest BCUT2D eigenvalue weighted by atomic mass is 16.5. The summed E-state index contributed by atoms with van der Waals surface area (Å²) in [5.74, 6) is 0.772. The van der Waals surface area contributed by atoms with Crippen LogP contribution in [0.2, 0.25) is 0 Å². The van der Waals surface area contributed by atoms with E-state index in [0.29, 0.717) is 0 Å². The molecule has 0 fully saturated rings. The predicted octanol–water partition coefficient (Wildman–Crippen LogP) is 2.19. The van der Waals surface area contributed by atoms with Crippen molar-refractivity contribution in [2.24, 2.45) is 0 Å². The minimum Gasteiger partial charge on any atom is -0.493 e. The van der Waals surface area contributed by atoms with Crippen LogP contribution in [0.4, 0.5) is 0 Å².